The van der Waals surface area contributed by atoms with Crippen molar-refractivity contribution in [1.29, 1.82) is 0 Å². The molecule has 31 heavy (non-hydrogen) atoms. The molecular weight excluding hydrogens is 394 g/mol. The van der Waals surface area contributed by atoms with Gasteiger partial charge < -0.3 is 20.1 Å². The number of hydrogen-bond donors (Lipinski definition) is 2. The molecule has 7 nitrogen and oxygen atoms in total. The summed E-state index contributed by atoms with van der Waals surface area (Å²) >= 11 is 0. The third kappa shape index (κ3) is 9.27. The van der Waals surface area contributed by atoms with Gasteiger partial charge in [-0.2, -0.15) is 0 Å². The number of hydrogen-bond acceptors (Lipinski definition) is 5. The lowest BCUT2D eigenvalue weighted by molar-refractivity contribution is -0.124. The van der Waals surface area contributed by atoms with Gasteiger partial charge in [0.15, 0.2) is 0 Å². The van der Waals surface area contributed by atoms with Crippen LogP contribution in [0.3, 0.4) is 0 Å². The fourth-order valence-corrected chi connectivity index (χ4v) is 3.51. The molecule has 2 rings (SSSR count). The largest absolute Gasteiger partial charge is 0.444 e. The summed E-state index contributed by atoms with van der Waals surface area (Å²) in [5.74, 6) is 0.124. The minimum atomic E-state index is -0.714. The van der Waals surface area contributed by atoms with Gasteiger partial charge in [0.05, 0.1) is 13.2 Å². The summed E-state index contributed by atoms with van der Waals surface area (Å²) in [6.45, 7) is 13.6. The Balaban J connectivity index is 2.10. The highest BCUT2D eigenvalue weighted by Crippen LogP contribution is 2.13. The number of nitrogens with zero attached hydrogens (tertiary/aromatic N) is 1. The summed E-state index contributed by atoms with van der Waals surface area (Å²) in [5.41, 5.74) is 0.347. The number of alkyl carbamates (subject to hydrolysis) is 1. The predicted octanol–water partition coefficient (Wildman–Crippen LogP) is 2.99. The van der Waals surface area contributed by atoms with Gasteiger partial charge >= 0.3 is 6.09 Å². The Morgan fingerprint density at radius 2 is 1.77 bits per heavy atom. The van der Waals surface area contributed by atoms with Crippen LogP contribution in [0.5, 0.6) is 0 Å². The second-order valence-electron chi connectivity index (χ2n) is 9.30. The van der Waals surface area contributed by atoms with Gasteiger partial charge in [0.1, 0.15) is 11.6 Å². The summed E-state index contributed by atoms with van der Waals surface area (Å²) < 4.78 is 10.8. The first-order valence-corrected chi connectivity index (χ1v) is 11.3. The molecule has 3 atom stereocenters. The Kier molecular flexibility index (Phi) is 9.78. The van der Waals surface area contributed by atoms with Gasteiger partial charge in [-0.3, -0.25) is 9.69 Å². The Morgan fingerprint density at radius 1 is 1.13 bits per heavy atom. The maximum Gasteiger partial charge on any atom is 0.408 e. The van der Waals surface area contributed by atoms with Gasteiger partial charge in [-0.1, -0.05) is 50.6 Å². The molecule has 1 saturated heterocycles. The summed E-state index contributed by atoms with van der Waals surface area (Å²) in [4.78, 5) is 28.0. The minimum Gasteiger partial charge on any atom is -0.444 e. The Morgan fingerprint density at radius 3 is 2.35 bits per heavy atom. The zero-order valence-corrected chi connectivity index (χ0v) is 19.6. The monoisotopic (exact) mass is 433 g/mol. The van der Waals surface area contributed by atoms with Crippen molar-refractivity contribution in [2.75, 3.05) is 32.8 Å². The number of nitrogens with one attached hydrogen (secondary N) is 2. The van der Waals surface area contributed by atoms with Crippen LogP contribution in [0.4, 0.5) is 4.79 Å². The first kappa shape index (κ1) is 25.1. The van der Waals surface area contributed by atoms with Crippen LogP contribution in [0.1, 0.15) is 46.6 Å². The molecule has 174 valence electrons. The summed E-state index contributed by atoms with van der Waals surface area (Å²) in [7, 11) is 0. The van der Waals surface area contributed by atoms with Crippen molar-refractivity contribution < 1.29 is 19.1 Å². The highest BCUT2D eigenvalue weighted by molar-refractivity contribution is 5.86. The molecule has 0 unspecified atom stereocenters. The van der Waals surface area contributed by atoms with Gasteiger partial charge in [-0.15, -0.1) is 0 Å². The van der Waals surface area contributed by atoms with E-state index in [0.29, 0.717) is 12.3 Å². The summed E-state index contributed by atoms with van der Waals surface area (Å²) in [6, 6.07) is 8.98. The lowest BCUT2D eigenvalue weighted by Gasteiger charge is -2.34. The number of morpholine rings is 1. The van der Waals surface area contributed by atoms with E-state index in [1.54, 1.807) is 20.8 Å². The van der Waals surface area contributed by atoms with E-state index in [0.717, 1.165) is 44.8 Å². The van der Waals surface area contributed by atoms with Crippen molar-refractivity contribution in [3.63, 3.8) is 0 Å². The third-order valence-corrected chi connectivity index (χ3v) is 5.51. The molecule has 1 aliphatic heterocycles. The standard InChI is InChI=1S/C24H39N3O4/c1-6-18(2)21(17-27-12-14-30-15-13-27)25-22(28)20(16-19-10-8-7-9-11-19)26-23(29)31-24(3,4)5/h7-11,18,20-21H,6,12-17H2,1-5H3,(H,25,28)(H,26,29)/t18-,20+,21+/m0/s1. The highest BCUT2D eigenvalue weighted by atomic mass is 16.6. The zero-order valence-electron chi connectivity index (χ0n) is 19.6. The van der Waals surface area contributed by atoms with E-state index in [4.69, 9.17) is 9.47 Å². The second-order valence-corrected chi connectivity index (χ2v) is 9.30. The van der Waals surface area contributed by atoms with Crippen molar-refractivity contribution in [3.05, 3.63) is 35.9 Å². The average molecular weight is 434 g/mol. The summed E-state index contributed by atoms with van der Waals surface area (Å²) in [5, 5.41) is 5.99. The van der Waals surface area contributed by atoms with E-state index in [9.17, 15) is 9.59 Å². The Bertz CT molecular complexity index is 684. The maximum absolute atomic E-state index is 13.3. The van der Waals surface area contributed by atoms with E-state index < -0.39 is 17.7 Å². The van der Waals surface area contributed by atoms with Gasteiger partial charge in [0, 0.05) is 32.1 Å². The number of rotatable bonds is 9. The number of carbonyl (C=O) groups is 2. The van der Waals surface area contributed by atoms with Crippen LogP contribution in [0.25, 0.3) is 0 Å². The van der Waals surface area contributed by atoms with Crippen molar-refractivity contribution in [2.45, 2.75) is 65.1 Å². The number of amides is 2. The molecule has 0 spiro atoms. The van der Waals surface area contributed by atoms with Crippen LogP contribution < -0.4 is 10.6 Å². The SMILES string of the molecule is CC[C@H](C)[C@@H](CN1CCOCC1)NC(=O)[C@@H](Cc1ccccc1)NC(=O)OC(C)(C)C. The van der Waals surface area contributed by atoms with Gasteiger partial charge in [-0.05, 0) is 32.3 Å². The first-order valence-electron chi connectivity index (χ1n) is 11.3. The second kappa shape index (κ2) is 12.1. The molecule has 1 aliphatic rings. The normalized spacial score (nSPS) is 18.0. The molecule has 2 N–H and O–H groups in total. The Labute approximate surface area is 186 Å². The van der Waals surface area contributed by atoms with Crippen LogP contribution in [0.15, 0.2) is 30.3 Å². The molecule has 7 heteroatoms. The topological polar surface area (TPSA) is 79.9 Å². The van der Waals surface area contributed by atoms with Gasteiger partial charge in [0.25, 0.3) is 0 Å². The molecule has 0 aromatic heterocycles. The van der Waals surface area contributed by atoms with E-state index in [1.807, 2.05) is 30.3 Å². The van der Waals surface area contributed by atoms with E-state index >= 15 is 0 Å². The number of ether oxygens (including phenoxy) is 2. The van der Waals surface area contributed by atoms with Crippen LogP contribution >= 0.6 is 0 Å². The molecule has 1 aromatic carbocycles. The third-order valence-electron chi connectivity index (χ3n) is 5.51. The van der Waals surface area contributed by atoms with Gasteiger partial charge in [0.2, 0.25) is 5.91 Å². The van der Waals surface area contributed by atoms with Crippen molar-refractivity contribution in [2.24, 2.45) is 5.92 Å². The molecule has 1 heterocycles. The van der Waals surface area contributed by atoms with Crippen molar-refractivity contribution in [3.8, 4) is 0 Å². The minimum absolute atomic E-state index is 0.00527. The Hall–Kier alpha value is -2.12. The van der Waals surface area contributed by atoms with E-state index in [-0.39, 0.29) is 11.9 Å². The number of benzene rings is 1. The molecule has 0 saturated carbocycles. The molecule has 1 fully saturated rings. The fourth-order valence-electron chi connectivity index (χ4n) is 3.51. The molecule has 1 aromatic rings. The lowest BCUT2D eigenvalue weighted by atomic mass is 9.97. The smallest absolute Gasteiger partial charge is 0.408 e. The molecule has 0 radical (unpaired) electrons. The quantitative estimate of drug-likeness (QED) is 0.626. The summed E-state index contributed by atoms with van der Waals surface area (Å²) in [6.07, 6.45) is 0.770. The molecule has 0 bridgehead atoms. The highest BCUT2D eigenvalue weighted by Gasteiger charge is 2.29. The average Bonchev–Trinajstić information content (AvgIpc) is 2.72. The fraction of sp³-hybridized carbons (Fsp3) is 0.667. The molecule has 2 amide bonds. The van der Waals surface area contributed by atoms with E-state index in [2.05, 4.69) is 29.4 Å². The lowest BCUT2D eigenvalue weighted by Crippen LogP contribution is -2.56. The number of carbonyl (C=O) groups excluding carboxylic acids is 2. The van der Waals surface area contributed by atoms with Crippen molar-refractivity contribution >= 4 is 12.0 Å². The maximum atomic E-state index is 13.3. The van der Waals surface area contributed by atoms with Crippen LogP contribution in [0.2, 0.25) is 0 Å². The first-order chi connectivity index (χ1) is 14.7. The van der Waals surface area contributed by atoms with Crippen molar-refractivity contribution in [1.82, 2.24) is 15.5 Å². The van der Waals surface area contributed by atoms with E-state index in [1.165, 1.54) is 0 Å². The molecule has 0 aliphatic carbocycles. The van der Waals surface area contributed by atoms with Crippen LogP contribution in [-0.2, 0) is 20.7 Å². The predicted molar refractivity (Wildman–Crippen MR) is 122 cm³/mol. The van der Waals surface area contributed by atoms with Crippen LogP contribution in [0, 0.1) is 5.92 Å². The zero-order chi connectivity index (χ0) is 22.9. The van der Waals surface area contributed by atoms with Gasteiger partial charge in [-0.25, -0.2) is 4.79 Å². The molecular formula is C24H39N3O4. The van der Waals surface area contributed by atoms with Crippen LogP contribution in [-0.4, -0.2) is 67.4 Å².